The van der Waals surface area contributed by atoms with E-state index in [1.54, 1.807) is 0 Å². The molecule has 0 bridgehead atoms. The fraction of sp³-hybridized carbons (Fsp3) is 0.520. The molecule has 0 aliphatic carbocycles. The Bertz CT molecular complexity index is 823. The quantitative estimate of drug-likeness (QED) is 0.704. The van der Waals surface area contributed by atoms with E-state index in [1.165, 1.54) is 11.1 Å². The number of hydrogen-bond donors (Lipinski definition) is 0. The van der Waals surface area contributed by atoms with Crippen LogP contribution in [0.5, 0.6) is 0 Å². The van der Waals surface area contributed by atoms with Crippen molar-refractivity contribution in [2.24, 2.45) is 0 Å². The molecule has 31 heavy (non-hydrogen) atoms. The molecular formula is C25H34B2O4. The Hall–Kier alpha value is -1.59. The molecule has 2 saturated heterocycles. The molecule has 2 fully saturated rings. The molecule has 2 heterocycles. The van der Waals surface area contributed by atoms with Gasteiger partial charge in [-0.15, -0.1) is 0 Å². The van der Waals surface area contributed by atoms with Gasteiger partial charge in [0.2, 0.25) is 0 Å². The zero-order chi connectivity index (χ0) is 22.7. The van der Waals surface area contributed by atoms with Gasteiger partial charge in [-0.3, -0.25) is 0 Å². The molecule has 0 radical (unpaired) electrons. The highest BCUT2D eigenvalue weighted by Gasteiger charge is 2.52. The van der Waals surface area contributed by atoms with E-state index in [0.29, 0.717) is 0 Å². The monoisotopic (exact) mass is 420 g/mol. The van der Waals surface area contributed by atoms with E-state index in [2.05, 4.69) is 104 Å². The van der Waals surface area contributed by atoms with E-state index in [4.69, 9.17) is 18.6 Å². The molecule has 2 aromatic carbocycles. The van der Waals surface area contributed by atoms with Crippen LogP contribution in [0.3, 0.4) is 0 Å². The van der Waals surface area contributed by atoms with Crippen LogP contribution in [0.25, 0.3) is 0 Å². The van der Waals surface area contributed by atoms with Crippen LogP contribution in [0.4, 0.5) is 0 Å². The average Bonchev–Trinajstić information content (AvgIpc) is 3.02. The molecule has 6 heteroatoms. The molecule has 164 valence electrons. The van der Waals surface area contributed by atoms with Crippen LogP contribution in [0.2, 0.25) is 0 Å². The first-order chi connectivity index (χ1) is 14.3. The van der Waals surface area contributed by atoms with Crippen LogP contribution in [0.1, 0.15) is 66.5 Å². The summed E-state index contributed by atoms with van der Waals surface area (Å²) in [6.45, 7) is 16.6. The van der Waals surface area contributed by atoms with Gasteiger partial charge >= 0.3 is 14.2 Å². The molecule has 4 rings (SSSR count). The Kier molecular flexibility index (Phi) is 5.45. The third-order valence-corrected chi connectivity index (χ3v) is 7.42. The largest absolute Gasteiger partial charge is 0.494 e. The van der Waals surface area contributed by atoms with E-state index in [1.807, 2.05) is 0 Å². The Balaban J connectivity index is 1.40. The Morgan fingerprint density at radius 1 is 0.484 bits per heavy atom. The zero-order valence-corrected chi connectivity index (χ0v) is 20.1. The molecule has 0 saturated carbocycles. The summed E-state index contributed by atoms with van der Waals surface area (Å²) in [6, 6.07) is 17.1. The van der Waals surface area contributed by atoms with Gasteiger partial charge in [0.05, 0.1) is 22.4 Å². The number of hydrogen-bond acceptors (Lipinski definition) is 4. The lowest BCUT2D eigenvalue weighted by Crippen LogP contribution is -2.41. The van der Waals surface area contributed by atoms with Gasteiger partial charge in [-0.1, -0.05) is 48.5 Å². The summed E-state index contributed by atoms with van der Waals surface area (Å²) in [4.78, 5) is 0. The maximum Gasteiger partial charge on any atom is 0.494 e. The van der Waals surface area contributed by atoms with Crippen molar-refractivity contribution in [3.63, 3.8) is 0 Å². The predicted molar refractivity (Wildman–Crippen MR) is 127 cm³/mol. The van der Waals surface area contributed by atoms with Gasteiger partial charge in [-0.05, 0) is 83.9 Å². The van der Waals surface area contributed by atoms with Crippen molar-refractivity contribution in [2.45, 2.75) is 84.2 Å². The standard InChI is InChI=1S/C25H34B2O4/c1-22(2)23(3,4)29-26(28-22)20-13-9-18(10-14-20)17-19-11-15-21(16-12-19)27-30-24(5,6)25(7,8)31-27/h9-16H,17H2,1-8H3. The minimum atomic E-state index is -0.324. The van der Waals surface area contributed by atoms with Crippen molar-refractivity contribution in [2.75, 3.05) is 0 Å². The lowest BCUT2D eigenvalue weighted by Gasteiger charge is -2.32. The van der Waals surface area contributed by atoms with E-state index in [0.717, 1.165) is 17.3 Å². The Labute approximate surface area is 187 Å². The van der Waals surface area contributed by atoms with Gasteiger partial charge in [0, 0.05) is 0 Å². The second-order valence-corrected chi connectivity index (χ2v) is 10.8. The fourth-order valence-corrected chi connectivity index (χ4v) is 3.78. The Morgan fingerprint density at radius 3 is 1.00 bits per heavy atom. The van der Waals surface area contributed by atoms with Crippen molar-refractivity contribution in [3.8, 4) is 0 Å². The summed E-state index contributed by atoms with van der Waals surface area (Å²) in [6.07, 6.45) is 0.868. The molecule has 0 amide bonds. The maximum absolute atomic E-state index is 6.15. The average molecular weight is 420 g/mol. The molecule has 0 spiro atoms. The van der Waals surface area contributed by atoms with Gasteiger partial charge < -0.3 is 18.6 Å². The smallest absolute Gasteiger partial charge is 0.399 e. The second kappa shape index (κ2) is 7.48. The first-order valence-electron chi connectivity index (χ1n) is 11.2. The Morgan fingerprint density at radius 2 is 0.742 bits per heavy atom. The van der Waals surface area contributed by atoms with Gasteiger partial charge in [0.1, 0.15) is 0 Å². The van der Waals surface area contributed by atoms with Crippen LogP contribution in [-0.4, -0.2) is 36.6 Å². The number of rotatable bonds is 4. The summed E-state index contributed by atoms with van der Waals surface area (Å²) in [5.41, 5.74) is 3.32. The summed E-state index contributed by atoms with van der Waals surface area (Å²) >= 11 is 0. The fourth-order valence-electron chi connectivity index (χ4n) is 3.78. The van der Waals surface area contributed by atoms with Gasteiger partial charge in [0.25, 0.3) is 0 Å². The molecule has 0 atom stereocenters. The number of benzene rings is 2. The van der Waals surface area contributed by atoms with Crippen molar-refractivity contribution in [1.82, 2.24) is 0 Å². The highest BCUT2D eigenvalue weighted by Crippen LogP contribution is 2.37. The minimum absolute atomic E-state index is 0.321. The van der Waals surface area contributed by atoms with E-state index < -0.39 is 0 Å². The normalized spacial score (nSPS) is 23.4. The van der Waals surface area contributed by atoms with Crippen molar-refractivity contribution >= 4 is 25.2 Å². The summed E-state index contributed by atoms with van der Waals surface area (Å²) in [5.74, 6) is 0. The lowest BCUT2D eigenvalue weighted by molar-refractivity contribution is 0.00578. The first-order valence-corrected chi connectivity index (χ1v) is 11.2. The highest BCUT2D eigenvalue weighted by molar-refractivity contribution is 6.62. The van der Waals surface area contributed by atoms with Crippen molar-refractivity contribution < 1.29 is 18.6 Å². The van der Waals surface area contributed by atoms with Crippen molar-refractivity contribution in [3.05, 3.63) is 59.7 Å². The SMILES string of the molecule is CC1(C)OB(c2ccc(Cc3ccc(B4OC(C)(C)C(C)(C)O4)cc3)cc2)OC1(C)C. The first kappa shape index (κ1) is 22.6. The van der Waals surface area contributed by atoms with Gasteiger partial charge in [0.15, 0.2) is 0 Å². The highest BCUT2D eigenvalue weighted by atomic mass is 16.7. The van der Waals surface area contributed by atoms with Gasteiger partial charge in [-0.2, -0.15) is 0 Å². The summed E-state index contributed by atoms with van der Waals surface area (Å²) in [7, 11) is -0.642. The molecular weight excluding hydrogens is 386 g/mol. The lowest BCUT2D eigenvalue weighted by atomic mass is 9.78. The molecule has 0 unspecified atom stereocenters. The topological polar surface area (TPSA) is 36.9 Å². The predicted octanol–water partition coefficient (Wildman–Crippen LogP) is 3.88. The van der Waals surface area contributed by atoms with Crippen LogP contribution in [-0.2, 0) is 25.0 Å². The third-order valence-electron chi connectivity index (χ3n) is 7.42. The van der Waals surface area contributed by atoms with Crippen LogP contribution in [0.15, 0.2) is 48.5 Å². The molecule has 2 aromatic rings. The maximum atomic E-state index is 6.15. The van der Waals surface area contributed by atoms with Crippen molar-refractivity contribution in [1.29, 1.82) is 0 Å². The zero-order valence-electron chi connectivity index (χ0n) is 20.1. The summed E-state index contributed by atoms with van der Waals surface area (Å²) in [5, 5.41) is 0. The molecule has 2 aliphatic heterocycles. The van der Waals surface area contributed by atoms with Gasteiger partial charge in [-0.25, -0.2) is 0 Å². The van der Waals surface area contributed by atoms with Crippen LogP contribution in [0, 0.1) is 0 Å². The second-order valence-electron chi connectivity index (χ2n) is 10.8. The molecule has 0 aromatic heterocycles. The minimum Gasteiger partial charge on any atom is -0.399 e. The van der Waals surface area contributed by atoms with Crippen LogP contribution < -0.4 is 10.9 Å². The van der Waals surface area contributed by atoms with E-state index >= 15 is 0 Å². The van der Waals surface area contributed by atoms with Crippen LogP contribution >= 0.6 is 0 Å². The van der Waals surface area contributed by atoms with E-state index in [-0.39, 0.29) is 36.6 Å². The third kappa shape index (κ3) is 4.23. The summed E-state index contributed by atoms with van der Waals surface area (Å²) < 4.78 is 24.6. The molecule has 4 nitrogen and oxygen atoms in total. The molecule has 0 N–H and O–H groups in total. The van der Waals surface area contributed by atoms with E-state index in [9.17, 15) is 0 Å². The molecule has 2 aliphatic rings.